The molecule has 3 N–H and O–H groups in total. The Hall–Kier alpha value is -2.84. The van der Waals surface area contributed by atoms with Gasteiger partial charge in [0.05, 0.1) is 33.9 Å². The zero-order valence-electron chi connectivity index (χ0n) is 20.0. The number of methoxy groups -OCH3 is 3. The van der Waals surface area contributed by atoms with Gasteiger partial charge in [-0.05, 0) is 34.1 Å². The highest BCUT2D eigenvalue weighted by molar-refractivity contribution is 5.94. The van der Waals surface area contributed by atoms with E-state index in [1.165, 1.54) is 0 Å². The Labute approximate surface area is 185 Å². The van der Waals surface area contributed by atoms with Crippen LogP contribution in [0.25, 0.3) is 0 Å². The van der Waals surface area contributed by atoms with Gasteiger partial charge in [-0.2, -0.15) is 0 Å². The molecule has 0 spiro atoms. The molecule has 1 unspecified atom stereocenters. The second-order valence-corrected chi connectivity index (χ2v) is 7.89. The third-order valence-corrected chi connectivity index (χ3v) is 4.10. The molecule has 0 fully saturated rings. The molecular formula is C22H38N4O5. The number of hydrogen-bond donors (Lipinski definition) is 3. The summed E-state index contributed by atoms with van der Waals surface area (Å²) in [4.78, 5) is 16.8. The lowest BCUT2D eigenvalue weighted by atomic mass is 10.1. The zero-order chi connectivity index (χ0) is 23.4. The average Bonchev–Trinajstić information content (AvgIpc) is 2.69. The van der Waals surface area contributed by atoms with Crippen molar-refractivity contribution in [3.8, 4) is 17.2 Å². The summed E-state index contributed by atoms with van der Waals surface area (Å²) >= 11 is 0. The molecule has 0 aromatic heterocycles. The van der Waals surface area contributed by atoms with Crippen LogP contribution < -0.4 is 30.2 Å². The standard InChI is InChI=1S/C22H38N4O5/c1-9-11-15(26-21(27)31-22(3,4)5)14-24-20(23-10-2)25-16-12-17(28-6)19(30-8)18(13-16)29-7/h12-13,15H,9-11,14H2,1-8H3,(H,26,27)(H2,23,24,25). The molecule has 0 aliphatic carbocycles. The van der Waals surface area contributed by atoms with Gasteiger partial charge < -0.3 is 34.9 Å². The third kappa shape index (κ3) is 9.23. The highest BCUT2D eigenvalue weighted by Crippen LogP contribution is 2.39. The summed E-state index contributed by atoms with van der Waals surface area (Å²) in [6.07, 6.45) is 1.25. The van der Waals surface area contributed by atoms with Crippen LogP contribution in [0.1, 0.15) is 47.5 Å². The van der Waals surface area contributed by atoms with Crippen molar-refractivity contribution < 1.29 is 23.7 Å². The van der Waals surface area contributed by atoms with Crippen LogP contribution in [0, 0.1) is 0 Å². The molecule has 176 valence electrons. The Morgan fingerprint density at radius 3 is 2.13 bits per heavy atom. The molecule has 0 radical (unpaired) electrons. The summed E-state index contributed by atoms with van der Waals surface area (Å²) in [7, 11) is 4.70. The van der Waals surface area contributed by atoms with Gasteiger partial charge in [0.2, 0.25) is 5.75 Å². The van der Waals surface area contributed by atoms with E-state index in [2.05, 4.69) is 27.9 Å². The Morgan fingerprint density at radius 2 is 1.68 bits per heavy atom. The molecule has 0 saturated carbocycles. The smallest absolute Gasteiger partial charge is 0.407 e. The molecule has 9 nitrogen and oxygen atoms in total. The lowest BCUT2D eigenvalue weighted by Gasteiger charge is -2.23. The number of guanidine groups is 1. The van der Waals surface area contributed by atoms with Crippen molar-refractivity contribution in [1.82, 2.24) is 10.6 Å². The number of rotatable bonds is 10. The minimum Gasteiger partial charge on any atom is -0.493 e. The fourth-order valence-corrected chi connectivity index (χ4v) is 2.83. The molecule has 1 atom stereocenters. The summed E-state index contributed by atoms with van der Waals surface area (Å²) < 4.78 is 21.6. The summed E-state index contributed by atoms with van der Waals surface area (Å²) in [5, 5.41) is 9.36. The van der Waals surface area contributed by atoms with Crippen molar-refractivity contribution in [3.05, 3.63) is 12.1 Å². The van der Waals surface area contributed by atoms with E-state index >= 15 is 0 Å². The summed E-state index contributed by atoms with van der Waals surface area (Å²) in [6.45, 7) is 10.6. The van der Waals surface area contributed by atoms with E-state index in [1.807, 2.05) is 27.7 Å². The first kappa shape index (κ1) is 26.2. The second-order valence-electron chi connectivity index (χ2n) is 7.89. The second kappa shape index (κ2) is 12.8. The van der Waals surface area contributed by atoms with Crippen molar-refractivity contribution in [2.75, 3.05) is 39.7 Å². The highest BCUT2D eigenvalue weighted by atomic mass is 16.6. The van der Waals surface area contributed by atoms with Crippen molar-refractivity contribution in [2.24, 2.45) is 4.99 Å². The number of anilines is 1. The Kier molecular flexibility index (Phi) is 10.8. The number of carbonyl (C=O) groups is 1. The molecule has 0 bridgehead atoms. The van der Waals surface area contributed by atoms with Gasteiger partial charge in [0, 0.05) is 24.4 Å². The number of aliphatic imine (C=N–C) groups is 1. The van der Waals surface area contributed by atoms with E-state index in [-0.39, 0.29) is 6.04 Å². The van der Waals surface area contributed by atoms with Crippen LogP contribution >= 0.6 is 0 Å². The Balaban J connectivity index is 3.00. The Morgan fingerprint density at radius 1 is 1.06 bits per heavy atom. The number of alkyl carbamates (subject to hydrolysis) is 1. The van der Waals surface area contributed by atoms with E-state index in [4.69, 9.17) is 18.9 Å². The summed E-state index contributed by atoms with van der Waals surface area (Å²) in [6, 6.07) is 3.46. The maximum atomic E-state index is 12.2. The minimum absolute atomic E-state index is 0.143. The van der Waals surface area contributed by atoms with Crippen molar-refractivity contribution >= 4 is 17.7 Å². The molecule has 1 aromatic rings. The molecular weight excluding hydrogens is 400 g/mol. The number of nitrogens with one attached hydrogen (secondary N) is 3. The van der Waals surface area contributed by atoms with Gasteiger partial charge >= 0.3 is 6.09 Å². The normalized spacial score (nSPS) is 12.6. The third-order valence-electron chi connectivity index (χ3n) is 4.10. The van der Waals surface area contributed by atoms with Crippen molar-refractivity contribution in [3.63, 3.8) is 0 Å². The maximum absolute atomic E-state index is 12.2. The lowest BCUT2D eigenvalue weighted by Crippen LogP contribution is -2.41. The van der Waals surface area contributed by atoms with Crippen LogP contribution in [0.2, 0.25) is 0 Å². The van der Waals surface area contributed by atoms with Crippen LogP contribution in [0.15, 0.2) is 17.1 Å². The van der Waals surface area contributed by atoms with E-state index in [0.29, 0.717) is 36.3 Å². The number of benzene rings is 1. The molecule has 0 heterocycles. The van der Waals surface area contributed by atoms with Crippen LogP contribution in [0.5, 0.6) is 17.2 Å². The van der Waals surface area contributed by atoms with Crippen molar-refractivity contribution in [2.45, 2.75) is 59.1 Å². The molecule has 0 aliphatic heterocycles. The molecule has 0 saturated heterocycles. The van der Waals surface area contributed by atoms with Crippen LogP contribution in [-0.2, 0) is 4.74 Å². The predicted octanol–water partition coefficient (Wildman–Crippen LogP) is 3.78. The van der Waals surface area contributed by atoms with Gasteiger partial charge in [0.15, 0.2) is 17.5 Å². The van der Waals surface area contributed by atoms with Gasteiger partial charge in [0.1, 0.15) is 5.60 Å². The first-order valence-electron chi connectivity index (χ1n) is 10.5. The quantitative estimate of drug-likeness (QED) is 0.377. The summed E-state index contributed by atoms with van der Waals surface area (Å²) in [5.41, 5.74) is 0.175. The number of amides is 1. The van der Waals surface area contributed by atoms with Gasteiger partial charge in [0.25, 0.3) is 0 Å². The molecule has 31 heavy (non-hydrogen) atoms. The number of hydrogen-bond acceptors (Lipinski definition) is 6. The van der Waals surface area contributed by atoms with Crippen LogP contribution in [-0.4, -0.2) is 58.1 Å². The molecule has 1 aromatic carbocycles. The van der Waals surface area contributed by atoms with Crippen LogP contribution in [0.3, 0.4) is 0 Å². The van der Waals surface area contributed by atoms with Gasteiger partial charge in [-0.3, -0.25) is 4.99 Å². The Bertz CT molecular complexity index is 706. The zero-order valence-corrected chi connectivity index (χ0v) is 20.0. The monoisotopic (exact) mass is 438 g/mol. The lowest BCUT2D eigenvalue weighted by molar-refractivity contribution is 0.0503. The van der Waals surface area contributed by atoms with E-state index in [0.717, 1.165) is 18.5 Å². The highest BCUT2D eigenvalue weighted by Gasteiger charge is 2.19. The van der Waals surface area contributed by atoms with Crippen molar-refractivity contribution in [1.29, 1.82) is 0 Å². The molecule has 1 amide bonds. The molecule has 1 rings (SSSR count). The average molecular weight is 439 g/mol. The molecule has 9 heteroatoms. The van der Waals surface area contributed by atoms with E-state index < -0.39 is 11.7 Å². The van der Waals surface area contributed by atoms with Gasteiger partial charge in [-0.25, -0.2) is 4.79 Å². The SMILES string of the molecule is CCCC(CN=C(NCC)Nc1cc(OC)c(OC)c(OC)c1)NC(=O)OC(C)(C)C. The fraction of sp³-hybridized carbons (Fsp3) is 0.636. The fourth-order valence-electron chi connectivity index (χ4n) is 2.83. The van der Waals surface area contributed by atoms with E-state index in [1.54, 1.807) is 33.5 Å². The number of carbonyl (C=O) groups excluding carboxylic acids is 1. The predicted molar refractivity (Wildman–Crippen MR) is 124 cm³/mol. The topological polar surface area (TPSA) is 102 Å². The molecule has 0 aliphatic rings. The van der Waals surface area contributed by atoms with Gasteiger partial charge in [-0.1, -0.05) is 13.3 Å². The maximum Gasteiger partial charge on any atom is 0.407 e. The first-order chi connectivity index (χ1) is 14.7. The number of nitrogens with zero attached hydrogens (tertiary/aromatic N) is 1. The van der Waals surface area contributed by atoms with Gasteiger partial charge in [-0.15, -0.1) is 0 Å². The summed E-state index contributed by atoms with van der Waals surface area (Å²) in [5.74, 6) is 2.16. The van der Waals surface area contributed by atoms with E-state index in [9.17, 15) is 4.79 Å². The first-order valence-corrected chi connectivity index (χ1v) is 10.5. The van der Waals surface area contributed by atoms with Crippen LogP contribution in [0.4, 0.5) is 10.5 Å². The number of ether oxygens (including phenoxy) is 4. The minimum atomic E-state index is -0.549. The largest absolute Gasteiger partial charge is 0.493 e.